The number of hydrogen-bond donors (Lipinski definition) is 1. The van der Waals surface area contributed by atoms with Gasteiger partial charge < -0.3 is 24.6 Å². The third-order valence-corrected chi connectivity index (χ3v) is 5.09. The lowest BCUT2D eigenvalue weighted by Gasteiger charge is -2.37. The standard InChI is InChI=1S/C21H29N5O3/c1-15-6-5-7-16(2)18(15)25-9-11-26(12-10-25)21-23-14-17(20(24-21)29-4)19(27)22-8-13-28-3/h5-7,14H,8-13H2,1-4H3,(H,22,27). The molecule has 0 saturated carbocycles. The summed E-state index contributed by atoms with van der Waals surface area (Å²) in [7, 11) is 3.10. The smallest absolute Gasteiger partial charge is 0.258 e. The van der Waals surface area contributed by atoms with E-state index in [0.29, 0.717) is 24.7 Å². The van der Waals surface area contributed by atoms with Crippen molar-refractivity contribution in [2.45, 2.75) is 13.8 Å². The minimum Gasteiger partial charge on any atom is -0.480 e. The van der Waals surface area contributed by atoms with Gasteiger partial charge in [0.25, 0.3) is 5.91 Å². The first-order valence-corrected chi connectivity index (χ1v) is 9.79. The second kappa shape index (κ2) is 9.56. The van der Waals surface area contributed by atoms with E-state index >= 15 is 0 Å². The molecule has 0 radical (unpaired) electrons. The summed E-state index contributed by atoms with van der Waals surface area (Å²) in [6, 6.07) is 6.40. The number of hydrogen-bond acceptors (Lipinski definition) is 7. The van der Waals surface area contributed by atoms with Crippen LogP contribution in [0.2, 0.25) is 0 Å². The van der Waals surface area contributed by atoms with Crippen LogP contribution >= 0.6 is 0 Å². The predicted molar refractivity (Wildman–Crippen MR) is 113 cm³/mol. The fourth-order valence-corrected chi connectivity index (χ4v) is 3.62. The van der Waals surface area contributed by atoms with Crippen molar-refractivity contribution < 1.29 is 14.3 Å². The summed E-state index contributed by atoms with van der Waals surface area (Å²) in [4.78, 5) is 25.7. The number of piperazine rings is 1. The van der Waals surface area contributed by atoms with Gasteiger partial charge in [0.2, 0.25) is 11.8 Å². The summed E-state index contributed by atoms with van der Waals surface area (Å²) >= 11 is 0. The van der Waals surface area contributed by atoms with E-state index in [0.717, 1.165) is 26.2 Å². The van der Waals surface area contributed by atoms with Gasteiger partial charge in [0.15, 0.2) is 0 Å². The number of carbonyl (C=O) groups is 1. The first-order valence-electron chi connectivity index (χ1n) is 9.79. The van der Waals surface area contributed by atoms with E-state index in [1.807, 2.05) is 0 Å². The van der Waals surface area contributed by atoms with Gasteiger partial charge in [-0.25, -0.2) is 4.98 Å². The molecular formula is C21H29N5O3. The first-order chi connectivity index (χ1) is 14.0. The quantitative estimate of drug-likeness (QED) is 0.711. The zero-order valence-corrected chi connectivity index (χ0v) is 17.6. The second-order valence-electron chi connectivity index (χ2n) is 7.06. The van der Waals surface area contributed by atoms with Crippen molar-refractivity contribution >= 4 is 17.5 Å². The lowest BCUT2D eigenvalue weighted by atomic mass is 10.1. The molecule has 2 heterocycles. The van der Waals surface area contributed by atoms with Gasteiger partial charge in [-0.1, -0.05) is 18.2 Å². The van der Waals surface area contributed by atoms with Crippen LogP contribution in [0.3, 0.4) is 0 Å². The zero-order valence-electron chi connectivity index (χ0n) is 17.6. The molecule has 1 saturated heterocycles. The van der Waals surface area contributed by atoms with Crippen molar-refractivity contribution in [3.05, 3.63) is 41.1 Å². The molecule has 0 unspecified atom stereocenters. The Hall–Kier alpha value is -2.87. The van der Waals surface area contributed by atoms with E-state index in [1.165, 1.54) is 30.1 Å². The average molecular weight is 399 g/mol. The summed E-state index contributed by atoms with van der Waals surface area (Å²) in [5.41, 5.74) is 4.22. The van der Waals surface area contributed by atoms with Crippen LogP contribution in [-0.4, -0.2) is 69.4 Å². The Bertz CT molecular complexity index is 830. The fraction of sp³-hybridized carbons (Fsp3) is 0.476. The first kappa shape index (κ1) is 20.9. The van der Waals surface area contributed by atoms with Gasteiger partial charge in [-0.3, -0.25) is 4.79 Å². The van der Waals surface area contributed by atoms with Crippen molar-refractivity contribution in [2.75, 3.05) is 63.4 Å². The monoisotopic (exact) mass is 399 g/mol. The lowest BCUT2D eigenvalue weighted by molar-refractivity contribution is 0.0933. The minimum atomic E-state index is -0.273. The molecule has 8 heteroatoms. The maximum absolute atomic E-state index is 12.3. The maximum Gasteiger partial charge on any atom is 0.258 e. The van der Waals surface area contributed by atoms with Crippen molar-refractivity contribution in [2.24, 2.45) is 0 Å². The molecule has 1 amide bonds. The highest BCUT2D eigenvalue weighted by Gasteiger charge is 2.23. The number of aryl methyl sites for hydroxylation is 2. The number of rotatable bonds is 7. The number of para-hydroxylation sites is 1. The molecule has 0 spiro atoms. The molecule has 8 nitrogen and oxygen atoms in total. The number of amides is 1. The van der Waals surface area contributed by atoms with Crippen LogP contribution in [0.1, 0.15) is 21.5 Å². The number of methoxy groups -OCH3 is 2. The van der Waals surface area contributed by atoms with Gasteiger partial charge in [-0.15, -0.1) is 0 Å². The Morgan fingerprint density at radius 3 is 2.38 bits per heavy atom. The number of anilines is 2. The van der Waals surface area contributed by atoms with Crippen LogP contribution in [0.5, 0.6) is 5.88 Å². The average Bonchev–Trinajstić information content (AvgIpc) is 2.73. The Kier molecular flexibility index (Phi) is 6.87. The highest BCUT2D eigenvalue weighted by atomic mass is 16.5. The minimum absolute atomic E-state index is 0.273. The molecular weight excluding hydrogens is 370 g/mol. The summed E-state index contributed by atoms with van der Waals surface area (Å²) in [5, 5.41) is 2.76. The van der Waals surface area contributed by atoms with Crippen molar-refractivity contribution in [1.29, 1.82) is 0 Å². The summed E-state index contributed by atoms with van der Waals surface area (Å²) < 4.78 is 10.3. The van der Waals surface area contributed by atoms with Crippen molar-refractivity contribution in [1.82, 2.24) is 15.3 Å². The molecule has 1 fully saturated rings. The van der Waals surface area contributed by atoms with E-state index in [-0.39, 0.29) is 11.8 Å². The lowest BCUT2D eigenvalue weighted by Crippen LogP contribution is -2.47. The van der Waals surface area contributed by atoms with Crippen LogP contribution in [0.4, 0.5) is 11.6 Å². The third-order valence-electron chi connectivity index (χ3n) is 5.09. The molecule has 0 bridgehead atoms. The predicted octanol–water partition coefficient (Wildman–Crippen LogP) is 1.80. The SMILES string of the molecule is COCCNC(=O)c1cnc(N2CCN(c3c(C)cccc3C)CC2)nc1OC. The molecule has 0 aliphatic carbocycles. The number of carbonyl (C=O) groups excluding carboxylic acids is 1. The number of nitrogens with zero attached hydrogens (tertiary/aromatic N) is 4. The summed E-state index contributed by atoms with van der Waals surface area (Å²) in [6.07, 6.45) is 1.53. The Morgan fingerprint density at radius 1 is 1.10 bits per heavy atom. The van der Waals surface area contributed by atoms with Crippen molar-refractivity contribution in [3.63, 3.8) is 0 Å². The van der Waals surface area contributed by atoms with Gasteiger partial charge >= 0.3 is 0 Å². The maximum atomic E-state index is 12.3. The van der Waals surface area contributed by atoms with E-state index in [1.54, 1.807) is 7.11 Å². The number of aromatic nitrogens is 2. The fourth-order valence-electron chi connectivity index (χ4n) is 3.62. The largest absolute Gasteiger partial charge is 0.480 e. The number of benzene rings is 1. The normalized spacial score (nSPS) is 14.1. The zero-order chi connectivity index (χ0) is 20.8. The van der Waals surface area contributed by atoms with Crippen molar-refractivity contribution in [3.8, 4) is 5.88 Å². The van der Waals surface area contributed by atoms with E-state index < -0.39 is 0 Å². The number of ether oxygens (including phenoxy) is 2. The van der Waals surface area contributed by atoms with Gasteiger partial charge in [0.1, 0.15) is 5.56 Å². The molecule has 1 aromatic carbocycles. The Labute approximate surface area is 171 Å². The van der Waals surface area contributed by atoms with Gasteiger partial charge in [-0.2, -0.15) is 4.98 Å². The van der Waals surface area contributed by atoms with E-state index in [4.69, 9.17) is 9.47 Å². The van der Waals surface area contributed by atoms with Crippen LogP contribution in [0.25, 0.3) is 0 Å². The molecule has 156 valence electrons. The summed E-state index contributed by atoms with van der Waals surface area (Å²) in [6.45, 7) is 8.54. The summed E-state index contributed by atoms with van der Waals surface area (Å²) in [5.74, 6) is 0.587. The molecule has 29 heavy (non-hydrogen) atoms. The van der Waals surface area contributed by atoms with Crippen LogP contribution in [0, 0.1) is 13.8 Å². The molecule has 1 aliphatic rings. The second-order valence-corrected chi connectivity index (χ2v) is 7.06. The van der Waals surface area contributed by atoms with Crippen LogP contribution in [-0.2, 0) is 4.74 Å². The van der Waals surface area contributed by atoms with E-state index in [9.17, 15) is 4.79 Å². The topological polar surface area (TPSA) is 79.8 Å². The van der Waals surface area contributed by atoms with Crippen LogP contribution in [0.15, 0.2) is 24.4 Å². The molecule has 0 atom stereocenters. The third kappa shape index (κ3) is 4.76. The molecule has 1 aliphatic heterocycles. The Morgan fingerprint density at radius 2 is 1.76 bits per heavy atom. The van der Waals surface area contributed by atoms with Gasteiger partial charge in [-0.05, 0) is 25.0 Å². The highest BCUT2D eigenvalue weighted by molar-refractivity contribution is 5.96. The highest BCUT2D eigenvalue weighted by Crippen LogP contribution is 2.27. The molecule has 3 rings (SSSR count). The van der Waals surface area contributed by atoms with E-state index in [2.05, 4.69) is 57.1 Å². The van der Waals surface area contributed by atoms with Crippen LogP contribution < -0.4 is 19.9 Å². The van der Waals surface area contributed by atoms with Gasteiger partial charge in [0, 0.05) is 51.7 Å². The molecule has 1 N–H and O–H groups in total. The number of nitrogens with one attached hydrogen (secondary N) is 1. The van der Waals surface area contributed by atoms with Gasteiger partial charge in [0.05, 0.1) is 13.7 Å². The Balaban J connectivity index is 1.68. The molecule has 2 aromatic rings. The molecule has 1 aromatic heterocycles.